The SMILES string of the molecule is C/C=C\C(=C(C)C)N(C)N. The van der Waals surface area contributed by atoms with Crippen LogP contribution in [-0.2, 0) is 0 Å². The molecule has 0 aromatic carbocycles. The summed E-state index contributed by atoms with van der Waals surface area (Å²) in [5.41, 5.74) is 2.30. The Morgan fingerprint density at radius 2 is 1.90 bits per heavy atom. The number of hydrogen-bond acceptors (Lipinski definition) is 2. The molecule has 0 rings (SSSR count). The van der Waals surface area contributed by atoms with Gasteiger partial charge >= 0.3 is 0 Å². The van der Waals surface area contributed by atoms with Crippen LogP contribution in [0.5, 0.6) is 0 Å². The lowest BCUT2D eigenvalue weighted by Gasteiger charge is -2.14. The van der Waals surface area contributed by atoms with Crippen molar-refractivity contribution in [2.24, 2.45) is 5.84 Å². The minimum atomic E-state index is 1.07. The van der Waals surface area contributed by atoms with Gasteiger partial charge in [0.05, 0.1) is 0 Å². The molecule has 0 aromatic rings. The van der Waals surface area contributed by atoms with Gasteiger partial charge in [0.15, 0.2) is 0 Å². The Hall–Kier alpha value is -0.760. The van der Waals surface area contributed by atoms with Crippen LogP contribution in [0.2, 0.25) is 0 Å². The molecule has 0 fully saturated rings. The predicted molar refractivity (Wildman–Crippen MR) is 45.1 cm³/mol. The Balaban J connectivity index is 4.44. The normalized spacial score (nSPS) is 10.1. The summed E-state index contributed by atoms with van der Waals surface area (Å²) >= 11 is 0. The van der Waals surface area contributed by atoms with Crippen LogP contribution in [0.3, 0.4) is 0 Å². The molecule has 58 valence electrons. The van der Waals surface area contributed by atoms with Gasteiger partial charge in [-0.1, -0.05) is 11.6 Å². The van der Waals surface area contributed by atoms with E-state index in [1.54, 1.807) is 5.01 Å². The van der Waals surface area contributed by atoms with E-state index in [4.69, 9.17) is 5.84 Å². The summed E-state index contributed by atoms with van der Waals surface area (Å²) in [4.78, 5) is 0. The first-order valence-corrected chi connectivity index (χ1v) is 3.38. The van der Waals surface area contributed by atoms with Gasteiger partial charge < -0.3 is 5.01 Å². The summed E-state index contributed by atoms with van der Waals surface area (Å²) in [5.74, 6) is 5.55. The number of nitrogens with zero attached hydrogens (tertiary/aromatic N) is 1. The molecule has 2 heteroatoms. The minimum Gasteiger partial charge on any atom is -0.314 e. The third-order valence-electron chi connectivity index (χ3n) is 1.22. The van der Waals surface area contributed by atoms with Gasteiger partial charge in [0, 0.05) is 12.7 Å². The number of hydrogen-bond donors (Lipinski definition) is 1. The number of hydrazine groups is 1. The highest BCUT2D eigenvalue weighted by Gasteiger charge is 1.95. The molecule has 0 unspecified atom stereocenters. The zero-order valence-corrected chi connectivity index (χ0v) is 7.18. The average molecular weight is 140 g/mol. The van der Waals surface area contributed by atoms with Gasteiger partial charge in [0.2, 0.25) is 0 Å². The summed E-state index contributed by atoms with van der Waals surface area (Å²) in [6.45, 7) is 6.06. The lowest BCUT2D eigenvalue weighted by atomic mass is 10.2. The highest BCUT2D eigenvalue weighted by atomic mass is 15.4. The van der Waals surface area contributed by atoms with Crippen molar-refractivity contribution in [3.05, 3.63) is 23.4 Å². The van der Waals surface area contributed by atoms with Crippen LogP contribution < -0.4 is 5.84 Å². The molecule has 2 N–H and O–H groups in total. The van der Waals surface area contributed by atoms with Gasteiger partial charge in [0.1, 0.15) is 0 Å². The molecule has 0 bridgehead atoms. The minimum absolute atomic E-state index is 1.07. The summed E-state index contributed by atoms with van der Waals surface area (Å²) in [7, 11) is 1.84. The summed E-state index contributed by atoms with van der Waals surface area (Å²) in [6, 6.07) is 0. The Bertz CT molecular complexity index is 151. The van der Waals surface area contributed by atoms with Crippen LogP contribution in [0.15, 0.2) is 23.4 Å². The van der Waals surface area contributed by atoms with Crippen molar-refractivity contribution in [2.45, 2.75) is 20.8 Å². The molecular formula is C8H16N2. The van der Waals surface area contributed by atoms with Gasteiger partial charge in [-0.05, 0) is 26.8 Å². The molecule has 0 amide bonds. The fraction of sp³-hybridized carbons (Fsp3) is 0.500. The van der Waals surface area contributed by atoms with Gasteiger partial charge in [-0.2, -0.15) is 0 Å². The predicted octanol–water partition coefficient (Wildman–Crippen LogP) is 1.66. The molecule has 2 nitrogen and oxygen atoms in total. The van der Waals surface area contributed by atoms with Crippen LogP contribution in [0.25, 0.3) is 0 Å². The van der Waals surface area contributed by atoms with Gasteiger partial charge in [-0.25, -0.2) is 5.84 Å². The van der Waals surface area contributed by atoms with E-state index in [1.165, 1.54) is 5.57 Å². The second-order valence-electron chi connectivity index (χ2n) is 2.50. The van der Waals surface area contributed by atoms with Crippen LogP contribution in [0.4, 0.5) is 0 Å². The molecule has 0 aliphatic heterocycles. The standard InChI is InChI=1S/C8H16N2/c1-5-6-8(7(2)3)10(4)9/h5-6H,9H2,1-4H3/b6-5-. The molecule has 0 aromatic heterocycles. The fourth-order valence-electron chi connectivity index (χ4n) is 0.795. The molecule has 10 heavy (non-hydrogen) atoms. The lowest BCUT2D eigenvalue weighted by Crippen LogP contribution is -2.24. The van der Waals surface area contributed by atoms with Crippen molar-refractivity contribution in [2.75, 3.05) is 7.05 Å². The van der Waals surface area contributed by atoms with Crippen LogP contribution >= 0.6 is 0 Å². The molecule has 0 saturated carbocycles. The summed E-state index contributed by atoms with van der Waals surface area (Å²) < 4.78 is 0. The third kappa shape index (κ3) is 2.69. The maximum absolute atomic E-state index is 5.55. The highest BCUT2D eigenvalue weighted by Crippen LogP contribution is 2.05. The first-order chi connectivity index (χ1) is 4.59. The van der Waals surface area contributed by atoms with Crippen molar-refractivity contribution >= 4 is 0 Å². The molecule has 0 radical (unpaired) electrons. The first kappa shape index (κ1) is 9.24. The fourth-order valence-corrected chi connectivity index (χ4v) is 0.795. The second-order valence-corrected chi connectivity index (χ2v) is 2.50. The van der Waals surface area contributed by atoms with E-state index in [2.05, 4.69) is 0 Å². The van der Waals surface area contributed by atoms with Crippen molar-refractivity contribution in [1.29, 1.82) is 0 Å². The summed E-state index contributed by atoms with van der Waals surface area (Å²) in [6.07, 6.45) is 3.97. The zero-order chi connectivity index (χ0) is 8.15. The van der Waals surface area contributed by atoms with Crippen molar-refractivity contribution in [1.82, 2.24) is 5.01 Å². The number of likely N-dealkylation sites (N-methyl/N-ethyl adjacent to an activating group) is 1. The van der Waals surface area contributed by atoms with E-state index in [-0.39, 0.29) is 0 Å². The van der Waals surface area contributed by atoms with Gasteiger partial charge in [-0.15, -0.1) is 0 Å². The quantitative estimate of drug-likeness (QED) is 0.359. The number of rotatable bonds is 2. The van der Waals surface area contributed by atoms with Gasteiger partial charge in [0.25, 0.3) is 0 Å². The van der Waals surface area contributed by atoms with Gasteiger partial charge in [-0.3, -0.25) is 0 Å². The van der Waals surface area contributed by atoms with Crippen molar-refractivity contribution in [3.8, 4) is 0 Å². The second kappa shape index (κ2) is 4.12. The third-order valence-corrected chi connectivity index (χ3v) is 1.22. The van der Waals surface area contributed by atoms with E-state index in [1.807, 2.05) is 40.0 Å². The van der Waals surface area contributed by atoms with E-state index in [9.17, 15) is 0 Å². The number of nitrogens with two attached hydrogens (primary N) is 1. The molecule has 0 aliphatic rings. The monoisotopic (exact) mass is 140 g/mol. The lowest BCUT2D eigenvalue weighted by molar-refractivity contribution is 0.450. The van der Waals surface area contributed by atoms with E-state index < -0.39 is 0 Å². The summed E-state index contributed by atoms with van der Waals surface area (Å²) in [5, 5.41) is 1.62. The molecule has 0 saturated heterocycles. The van der Waals surface area contributed by atoms with Crippen LogP contribution in [0.1, 0.15) is 20.8 Å². The van der Waals surface area contributed by atoms with E-state index >= 15 is 0 Å². The number of allylic oxidation sites excluding steroid dienone is 3. The molecule has 0 atom stereocenters. The molecule has 0 spiro atoms. The van der Waals surface area contributed by atoms with E-state index in [0.29, 0.717) is 0 Å². The Morgan fingerprint density at radius 3 is 2.00 bits per heavy atom. The Labute approximate surface area is 63.0 Å². The Kier molecular flexibility index (Phi) is 3.81. The average Bonchev–Trinajstić information content (AvgIpc) is 1.81. The molecular weight excluding hydrogens is 124 g/mol. The smallest absolute Gasteiger partial charge is 0.0496 e. The Morgan fingerprint density at radius 1 is 1.40 bits per heavy atom. The maximum Gasteiger partial charge on any atom is 0.0496 e. The van der Waals surface area contributed by atoms with Crippen molar-refractivity contribution in [3.63, 3.8) is 0 Å². The van der Waals surface area contributed by atoms with Crippen LogP contribution in [0, 0.1) is 0 Å². The topological polar surface area (TPSA) is 29.3 Å². The maximum atomic E-state index is 5.55. The molecule has 0 aliphatic carbocycles. The highest BCUT2D eigenvalue weighted by molar-refractivity contribution is 5.20. The largest absolute Gasteiger partial charge is 0.314 e. The van der Waals surface area contributed by atoms with Crippen LogP contribution in [-0.4, -0.2) is 12.1 Å². The first-order valence-electron chi connectivity index (χ1n) is 3.38. The zero-order valence-electron chi connectivity index (χ0n) is 7.18. The van der Waals surface area contributed by atoms with Crippen molar-refractivity contribution < 1.29 is 0 Å². The molecule has 0 heterocycles. The van der Waals surface area contributed by atoms with E-state index in [0.717, 1.165) is 5.70 Å².